The average molecular weight is 274 g/mol. The molecule has 1 aromatic carbocycles. The van der Waals surface area contributed by atoms with Crippen LogP contribution < -0.4 is 11.1 Å². The van der Waals surface area contributed by atoms with Gasteiger partial charge in [-0.2, -0.15) is 0 Å². The van der Waals surface area contributed by atoms with Crippen LogP contribution >= 0.6 is 0 Å². The van der Waals surface area contributed by atoms with E-state index in [0.717, 1.165) is 19.3 Å². The summed E-state index contributed by atoms with van der Waals surface area (Å²) in [6.45, 7) is 1.88. The number of fused-ring (bicyclic) bond motifs is 1. The number of nitrogens with one attached hydrogen (secondary N) is 1. The smallest absolute Gasteiger partial charge is 0.337 e. The number of carboxylic acid groups (broad SMARTS) is 1. The molecule has 0 bridgehead atoms. The molecule has 0 saturated heterocycles. The fourth-order valence-corrected chi connectivity index (χ4v) is 2.86. The molecule has 1 aliphatic rings. The summed E-state index contributed by atoms with van der Waals surface area (Å²) in [5.74, 6) is -1.11. The number of carbonyl (C=O) groups is 1. The van der Waals surface area contributed by atoms with E-state index in [1.807, 2.05) is 6.92 Å². The molecule has 1 aromatic heterocycles. The molecule has 1 heterocycles. The Labute approximate surface area is 113 Å². The Kier molecular flexibility index (Phi) is 2.57. The number of nitrogens with zero attached hydrogens (tertiary/aromatic N) is 1. The number of H-pyrrole nitrogens is 1. The van der Waals surface area contributed by atoms with Gasteiger partial charge in [-0.05, 0) is 38.3 Å². The maximum atomic E-state index is 12.2. The lowest BCUT2D eigenvalue weighted by Crippen LogP contribution is -2.49. The van der Waals surface area contributed by atoms with Gasteiger partial charge in [0.1, 0.15) is 0 Å². The molecule has 0 unspecified atom stereocenters. The highest BCUT2D eigenvalue weighted by Gasteiger charge is 2.37. The number of benzene rings is 1. The molecule has 3 rings (SSSR count). The van der Waals surface area contributed by atoms with Crippen LogP contribution in [0.15, 0.2) is 27.8 Å². The number of rotatable bonds is 2. The number of hydrogen-bond donors (Lipinski definition) is 2. The topological polar surface area (TPSA) is 92.2 Å². The van der Waals surface area contributed by atoms with Crippen molar-refractivity contribution in [3.05, 3.63) is 44.5 Å². The van der Waals surface area contributed by atoms with Crippen molar-refractivity contribution < 1.29 is 9.90 Å². The number of aromatic amines is 1. The predicted octanol–water partition coefficient (Wildman–Crippen LogP) is 1.29. The fourth-order valence-electron chi connectivity index (χ4n) is 2.86. The van der Waals surface area contributed by atoms with Crippen LogP contribution in [-0.2, 0) is 5.54 Å². The van der Waals surface area contributed by atoms with Crippen LogP contribution in [-0.4, -0.2) is 20.6 Å². The maximum Gasteiger partial charge on any atom is 0.337 e. The molecule has 0 atom stereocenters. The number of aromatic carboxylic acids is 1. The molecule has 0 amide bonds. The summed E-state index contributed by atoms with van der Waals surface area (Å²) in [6, 6.07) is 4.61. The Morgan fingerprint density at radius 3 is 2.60 bits per heavy atom. The van der Waals surface area contributed by atoms with Crippen molar-refractivity contribution in [2.24, 2.45) is 0 Å². The first kappa shape index (κ1) is 12.7. The summed E-state index contributed by atoms with van der Waals surface area (Å²) in [5, 5.41) is 9.32. The van der Waals surface area contributed by atoms with Crippen molar-refractivity contribution in [1.29, 1.82) is 0 Å². The van der Waals surface area contributed by atoms with E-state index in [2.05, 4.69) is 4.98 Å². The molecular weight excluding hydrogens is 260 g/mol. The van der Waals surface area contributed by atoms with Gasteiger partial charge in [-0.15, -0.1) is 0 Å². The van der Waals surface area contributed by atoms with Gasteiger partial charge in [0.2, 0.25) is 0 Å². The van der Waals surface area contributed by atoms with Gasteiger partial charge in [-0.1, -0.05) is 6.07 Å². The highest BCUT2D eigenvalue weighted by molar-refractivity contribution is 6.00. The van der Waals surface area contributed by atoms with E-state index in [1.165, 1.54) is 10.6 Å². The van der Waals surface area contributed by atoms with Crippen molar-refractivity contribution in [2.45, 2.75) is 31.7 Å². The van der Waals surface area contributed by atoms with Crippen molar-refractivity contribution >= 4 is 17.0 Å². The zero-order chi connectivity index (χ0) is 14.5. The van der Waals surface area contributed by atoms with E-state index >= 15 is 0 Å². The van der Waals surface area contributed by atoms with Gasteiger partial charge in [0.25, 0.3) is 0 Å². The first-order chi connectivity index (χ1) is 9.44. The largest absolute Gasteiger partial charge is 0.478 e. The second-order valence-electron chi connectivity index (χ2n) is 5.45. The quantitative estimate of drug-likeness (QED) is 0.807. The Morgan fingerprint density at radius 2 is 2.05 bits per heavy atom. The van der Waals surface area contributed by atoms with Gasteiger partial charge >= 0.3 is 17.1 Å². The molecule has 20 heavy (non-hydrogen) atoms. The van der Waals surface area contributed by atoms with E-state index in [4.69, 9.17) is 0 Å². The molecule has 2 N–H and O–H groups in total. The second kappa shape index (κ2) is 4.06. The van der Waals surface area contributed by atoms with Crippen LogP contribution in [0.2, 0.25) is 0 Å². The Hall–Kier alpha value is -2.37. The maximum absolute atomic E-state index is 12.2. The van der Waals surface area contributed by atoms with Gasteiger partial charge in [0, 0.05) is 5.54 Å². The molecule has 6 nitrogen and oxygen atoms in total. The Balaban J connectivity index is 2.53. The third kappa shape index (κ3) is 1.61. The predicted molar refractivity (Wildman–Crippen MR) is 73.3 cm³/mol. The number of para-hydroxylation sites is 1. The minimum absolute atomic E-state index is 0.0315. The molecule has 2 aromatic rings. The van der Waals surface area contributed by atoms with Crippen molar-refractivity contribution in [3.8, 4) is 0 Å². The molecule has 1 aliphatic carbocycles. The molecule has 0 radical (unpaired) electrons. The van der Waals surface area contributed by atoms with Gasteiger partial charge in [-0.3, -0.25) is 14.2 Å². The van der Waals surface area contributed by atoms with Gasteiger partial charge in [0.15, 0.2) is 0 Å². The summed E-state index contributed by atoms with van der Waals surface area (Å²) in [5.41, 5.74) is -1.17. The average Bonchev–Trinajstić information content (AvgIpc) is 2.37. The molecule has 1 saturated carbocycles. The van der Waals surface area contributed by atoms with Crippen LogP contribution in [0.25, 0.3) is 11.0 Å². The van der Waals surface area contributed by atoms with Crippen molar-refractivity contribution in [2.75, 3.05) is 0 Å². The molecule has 0 aliphatic heterocycles. The number of aromatic nitrogens is 2. The van der Waals surface area contributed by atoms with Crippen molar-refractivity contribution in [1.82, 2.24) is 9.55 Å². The second-order valence-corrected chi connectivity index (χ2v) is 5.45. The number of hydrogen-bond acceptors (Lipinski definition) is 3. The third-order valence-corrected chi connectivity index (χ3v) is 4.11. The number of carboxylic acids is 1. The summed E-state index contributed by atoms with van der Waals surface area (Å²) in [4.78, 5) is 37.9. The zero-order valence-electron chi connectivity index (χ0n) is 11.0. The summed E-state index contributed by atoms with van der Waals surface area (Å²) < 4.78 is 1.37. The fraction of sp³-hybridized carbons (Fsp3) is 0.357. The van der Waals surface area contributed by atoms with Crippen LogP contribution in [0.5, 0.6) is 0 Å². The third-order valence-electron chi connectivity index (χ3n) is 4.11. The Bertz CT molecular complexity index is 827. The first-order valence-corrected chi connectivity index (χ1v) is 6.46. The zero-order valence-corrected chi connectivity index (χ0v) is 11.0. The van der Waals surface area contributed by atoms with Crippen LogP contribution in [0.4, 0.5) is 0 Å². The summed E-state index contributed by atoms with van der Waals surface area (Å²) in [6.07, 6.45) is 2.49. The molecule has 6 heteroatoms. The van der Waals surface area contributed by atoms with E-state index in [0.29, 0.717) is 11.0 Å². The van der Waals surface area contributed by atoms with E-state index < -0.39 is 22.6 Å². The highest BCUT2D eigenvalue weighted by atomic mass is 16.4. The minimum atomic E-state index is -1.11. The van der Waals surface area contributed by atoms with Gasteiger partial charge in [-0.25, -0.2) is 4.79 Å². The molecule has 0 spiro atoms. The molecular formula is C14H14N2O4. The lowest BCUT2D eigenvalue weighted by Gasteiger charge is -2.40. The van der Waals surface area contributed by atoms with E-state index in [-0.39, 0.29) is 5.56 Å². The van der Waals surface area contributed by atoms with Gasteiger partial charge < -0.3 is 10.1 Å². The lowest BCUT2D eigenvalue weighted by molar-refractivity contribution is 0.0697. The summed E-state index contributed by atoms with van der Waals surface area (Å²) in [7, 11) is 0. The van der Waals surface area contributed by atoms with E-state index in [9.17, 15) is 19.5 Å². The monoisotopic (exact) mass is 274 g/mol. The van der Waals surface area contributed by atoms with Crippen LogP contribution in [0.1, 0.15) is 36.5 Å². The molecule has 104 valence electrons. The summed E-state index contributed by atoms with van der Waals surface area (Å²) >= 11 is 0. The van der Waals surface area contributed by atoms with Gasteiger partial charge in [0.05, 0.1) is 16.6 Å². The van der Waals surface area contributed by atoms with Crippen molar-refractivity contribution in [3.63, 3.8) is 0 Å². The van der Waals surface area contributed by atoms with E-state index in [1.54, 1.807) is 12.1 Å². The van der Waals surface area contributed by atoms with Crippen LogP contribution in [0, 0.1) is 0 Å². The van der Waals surface area contributed by atoms with Crippen LogP contribution in [0.3, 0.4) is 0 Å². The SMILES string of the molecule is CC1(n2c(=O)c(=O)[nH]c3cccc(C(=O)O)c32)CCC1. The normalized spacial score (nSPS) is 16.9. The standard InChI is InChI=1S/C14H14N2O4/c1-14(6-3-7-14)16-10-8(13(19)20)4-2-5-9(10)15-11(17)12(16)18/h2,4-5H,3,6-7H2,1H3,(H,15,17)(H,19,20). The lowest BCUT2D eigenvalue weighted by atomic mass is 9.78. The molecule has 1 fully saturated rings. The first-order valence-electron chi connectivity index (χ1n) is 6.46. The Morgan fingerprint density at radius 1 is 1.35 bits per heavy atom. The highest BCUT2D eigenvalue weighted by Crippen LogP contribution is 2.39. The minimum Gasteiger partial charge on any atom is -0.478 e.